The third kappa shape index (κ3) is 3.76. The van der Waals surface area contributed by atoms with Gasteiger partial charge in [0.2, 0.25) is 5.78 Å². The van der Waals surface area contributed by atoms with Crippen molar-refractivity contribution in [3.8, 4) is 0 Å². The number of ether oxygens (including phenoxy) is 1. The molecule has 0 radical (unpaired) electrons. The molecule has 6 heteroatoms. The zero-order chi connectivity index (χ0) is 17.9. The highest BCUT2D eigenvalue weighted by atomic mass is 32.2. The summed E-state index contributed by atoms with van der Waals surface area (Å²) >= 11 is 1.57. The van der Waals surface area contributed by atoms with Crippen molar-refractivity contribution < 1.29 is 19.1 Å². The number of carbonyl (C=O) groups is 3. The van der Waals surface area contributed by atoms with Crippen LogP contribution in [0.15, 0.2) is 29.2 Å². The normalized spacial score (nSPS) is 10.5. The lowest BCUT2D eigenvalue weighted by Crippen LogP contribution is -2.15. The summed E-state index contributed by atoms with van der Waals surface area (Å²) in [6.07, 6.45) is 1.95. The van der Waals surface area contributed by atoms with E-state index in [-0.39, 0.29) is 18.2 Å². The first-order chi connectivity index (χ1) is 11.3. The van der Waals surface area contributed by atoms with Crippen LogP contribution in [0, 0.1) is 13.8 Å². The number of aromatic nitrogens is 1. The summed E-state index contributed by atoms with van der Waals surface area (Å²) in [6, 6.07) is 6.97. The number of hydrogen-bond donors (Lipinski definition) is 1. The van der Waals surface area contributed by atoms with Gasteiger partial charge in [0.05, 0.1) is 11.3 Å². The predicted molar refractivity (Wildman–Crippen MR) is 93.1 cm³/mol. The molecule has 2 rings (SSSR count). The zero-order valence-corrected chi connectivity index (χ0v) is 14.9. The Balaban J connectivity index is 2.06. The molecule has 2 aromatic rings. The first-order valence-electron chi connectivity index (χ1n) is 7.39. The monoisotopic (exact) mass is 345 g/mol. The van der Waals surface area contributed by atoms with E-state index in [2.05, 4.69) is 4.98 Å². The molecule has 0 saturated heterocycles. The van der Waals surface area contributed by atoms with E-state index in [1.54, 1.807) is 37.7 Å². The number of aryl methyl sites for hydroxylation is 1. The Hall–Kier alpha value is -2.34. The lowest BCUT2D eigenvalue weighted by Gasteiger charge is -2.05. The van der Waals surface area contributed by atoms with Crippen LogP contribution in [0.5, 0.6) is 0 Å². The molecule has 0 aliphatic heterocycles. The highest BCUT2D eigenvalue weighted by Gasteiger charge is 2.21. The average Bonchev–Trinajstić information content (AvgIpc) is 2.87. The Bertz CT molecular complexity index is 790. The summed E-state index contributed by atoms with van der Waals surface area (Å²) < 4.78 is 5.08. The Morgan fingerprint density at radius 3 is 2.25 bits per heavy atom. The molecule has 0 amide bonds. The number of benzene rings is 1. The minimum atomic E-state index is -0.552. The van der Waals surface area contributed by atoms with Gasteiger partial charge in [0.1, 0.15) is 0 Å². The maximum atomic E-state index is 12.3. The number of Topliss-reactive ketones (excluding diaryl/α,β-unsaturated/α-hetero) is 2. The number of nitrogens with one attached hydrogen (secondary N) is 1. The van der Waals surface area contributed by atoms with Crippen LogP contribution in [0.4, 0.5) is 0 Å². The second-order valence-corrected chi connectivity index (χ2v) is 6.29. The van der Waals surface area contributed by atoms with E-state index >= 15 is 0 Å². The summed E-state index contributed by atoms with van der Waals surface area (Å²) in [5.74, 6) is -1.02. The molecule has 5 nitrogen and oxygen atoms in total. The van der Waals surface area contributed by atoms with Gasteiger partial charge in [-0.15, -0.1) is 11.8 Å². The van der Waals surface area contributed by atoms with Crippen LogP contribution < -0.4 is 0 Å². The molecular formula is C18H19NO4S. The minimum absolute atomic E-state index is 0.105. The van der Waals surface area contributed by atoms with E-state index in [1.165, 1.54) is 6.92 Å². The van der Waals surface area contributed by atoms with Crippen LogP contribution in [0.25, 0.3) is 0 Å². The summed E-state index contributed by atoms with van der Waals surface area (Å²) in [5, 5.41) is 0. The predicted octanol–water partition coefficient (Wildman–Crippen LogP) is 3.60. The fourth-order valence-electron chi connectivity index (χ4n) is 2.57. The quantitative estimate of drug-likeness (QED) is 0.492. The van der Waals surface area contributed by atoms with E-state index in [0.29, 0.717) is 28.1 Å². The molecule has 0 atom stereocenters. The number of esters is 1. The van der Waals surface area contributed by atoms with E-state index in [9.17, 15) is 14.4 Å². The number of hydrogen-bond acceptors (Lipinski definition) is 5. The van der Waals surface area contributed by atoms with E-state index in [0.717, 1.165) is 4.90 Å². The van der Waals surface area contributed by atoms with Gasteiger partial charge in [0.25, 0.3) is 0 Å². The first kappa shape index (κ1) is 18.0. The van der Waals surface area contributed by atoms with Crippen LogP contribution in [-0.2, 0) is 4.74 Å². The summed E-state index contributed by atoms with van der Waals surface area (Å²) in [4.78, 5) is 39.8. The number of H-pyrrole nitrogens is 1. The van der Waals surface area contributed by atoms with E-state index in [1.807, 2.05) is 18.4 Å². The van der Waals surface area contributed by atoms with E-state index < -0.39 is 5.97 Å². The van der Waals surface area contributed by atoms with Crippen LogP contribution in [0.2, 0.25) is 0 Å². The molecule has 0 bridgehead atoms. The highest BCUT2D eigenvalue weighted by molar-refractivity contribution is 7.98. The van der Waals surface area contributed by atoms with Crippen molar-refractivity contribution in [1.82, 2.24) is 4.98 Å². The van der Waals surface area contributed by atoms with Gasteiger partial charge in [0.15, 0.2) is 12.4 Å². The average molecular weight is 345 g/mol. The van der Waals surface area contributed by atoms with Gasteiger partial charge >= 0.3 is 5.97 Å². The Morgan fingerprint density at radius 1 is 1.12 bits per heavy atom. The van der Waals surface area contributed by atoms with Gasteiger partial charge in [-0.05, 0) is 56.9 Å². The van der Waals surface area contributed by atoms with Crippen molar-refractivity contribution in [3.63, 3.8) is 0 Å². The molecule has 0 aliphatic carbocycles. The zero-order valence-electron chi connectivity index (χ0n) is 14.1. The van der Waals surface area contributed by atoms with Crippen LogP contribution in [0.3, 0.4) is 0 Å². The lowest BCUT2D eigenvalue weighted by atomic mass is 10.1. The third-order valence-corrected chi connectivity index (χ3v) is 4.47. The first-order valence-corrected chi connectivity index (χ1v) is 8.62. The fraction of sp³-hybridized carbons (Fsp3) is 0.278. The second-order valence-electron chi connectivity index (χ2n) is 5.41. The molecule has 0 spiro atoms. The molecule has 0 unspecified atom stereocenters. The molecule has 0 saturated carbocycles. The highest BCUT2D eigenvalue weighted by Crippen LogP contribution is 2.19. The number of thioether (sulfide) groups is 1. The molecule has 1 N–H and O–H groups in total. The van der Waals surface area contributed by atoms with Gasteiger partial charge in [0, 0.05) is 16.2 Å². The third-order valence-electron chi connectivity index (χ3n) is 3.73. The summed E-state index contributed by atoms with van der Waals surface area (Å²) in [6.45, 7) is 4.52. The van der Waals surface area contributed by atoms with Crippen molar-refractivity contribution in [2.45, 2.75) is 25.7 Å². The number of ketones is 2. The van der Waals surface area contributed by atoms with Crippen molar-refractivity contribution >= 4 is 29.3 Å². The number of rotatable bonds is 6. The Kier molecular flexibility index (Phi) is 5.62. The Morgan fingerprint density at radius 2 is 1.75 bits per heavy atom. The second kappa shape index (κ2) is 7.49. The smallest absolute Gasteiger partial charge is 0.338 e. The minimum Gasteiger partial charge on any atom is -0.454 e. The summed E-state index contributed by atoms with van der Waals surface area (Å²) in [7, 11) is 0. The largest absolute Gasteiger partial charge is 0.454 e. The molecule has 1 aromatic heterocycles. The van der Waals surface area contributed by atoms with Gasteiger partial charge < -0.3 is 9.72 Å². The maximum Gasteiger partial charge on any atom is 0.338 e. The van der Waals surface area contributed by atoms with Gasteiger partial charge in [-0.2, -0.15) is 0 Å². The molecule has 0 fully saturated rings. The Labute approximate surface area is 144 Å². The van der Waals surface area contributed by atoms with Gasteiger partial charge in [-0.1, -0.05) is 0 Å². The molecule has 24 heavy (non-hydrogen) atoms. The number of carbonyl (C=O) groups excluding carboxylic acids is 3. The topological polar surface area (TPSA) is 76.2 Å². The summed E-state index contributed by atoms with van der Waals surface area (Å²) in [5.41, 5.74) is 2.44. The molecule has 1 aromatic carbocycles. The fourth-order valence-corrected chi connectivity index (χ4v) is 2.98. The molecular weight excluding hydrogens is 326 g/mol. The standard InChI is InChI=1S/C18H19NO4S/c1-10-16(12(3)20)11(2)19-17(10)15(21)9-23-18(22)13-5-7-14(24-4)8-6-13/h5-8,19H,9H2,1-4H3. The van der Waals surface area contributed by atoms with Crippen LogP contribution in [0.1, 0.15) is 49.4 Å². The lowest BCUT2D eigenvalue weighted by molar-refractivity contribution is 0.0473. The van der Waals surface area contributed by atoms with Crippen molar-refractivity contribution in [1.29, 1.82) is 0 Å². The van der Waals surface area contributed by atoms with Crippen molar-refractivity contribution in [2.75, 3.05) is 12.9 Å². The number of aromatic amines is 1. The van der Waals surface area contributed by atoms with E-state index in [4.69, 9.17) is 4.74 Å². The molecule has 126 valence electrons. The van der Waals surface area contributed by atoms with Crippen molar-refractivity contribution in [3.05, 3.63) is 52.3 Å². The van der Waals surface area contributed by atoms with Crippen LogP contribution >= 0.6 is 11.8 Å². The SMILES string of the molecule is CSc1ccc(C(=O)OCC(=O)c2[nH]c(C)c(C(C)=O)c2C)cc1. The maximum absolute atomic E-state index is 12.3. The molecule has 0 aliphatic rings. The van der Waals surface area contributed by atoms with Gasteiger partial charge in [-0.3, -0.25) is 9.59 Å². The van der Waals surface area contributed by atoms with Gasteiger partial charge in [-0.25, -0.2) is 4.79 Å². The van der Waals surface area contributed by atoms with Crippen molar-refractivity contribution in [2.24, 2.45) is 0 Å². The van der Waals surface area contributed by atoms with Crippen LogP contribution in [-0.4, -0.2) is 35.4 Å². The molecule has 1 heterocycles.